The van der Waals surface area contributed by atoms with Crippen molar-refractivity contribution < 1.29 is 31.8 Å². The van der Waals surface area contributed by atoms with Crippen LogP contribution in [0.1, 0.15) is 15.9 Å². The first-order chi connectivity index (χ1) is 11.8. The number of alkyl halides is 3. The van der Waals surface area contributed by atoms with Gasteiger partial charge in [-0.05, 0) is 35.9 Å². The SMILES string of the molecule is COc1ccc(C(=O)NCc2ccc(OCC(F)(F)F)cc2)cc1F. The largest absolute Gasteiger partial charge is 0.494 e. The number of carbonyl (C=O) groups excluding carboxylic acids is 1. The first-order valence-corrected chi connectivity index (χ1v) is 7.19. The summed E-state index contributed by atoms with van der Waals surface area (Å²) in [6.07, 6.45) is -4.40. The second-order valence-corrected chi connectivity index (χ2v) is 5.08. The Morgan fingerprint density at radius 3 is 2.36 bits per heavy atom. The van der Waals surface area contributed by atoms with Crippen LogP contribution in [-0.2, 0) is 6.54 Å². The van der Waals surface area contributed by atoms with Crippen molar-refractivity contribution in [3.05, 3.63) is 59.4 Å². The molecule has 0 aliphatic carbocycles. The van der Waals surface area contributed by atoms with Crippen LogP contribution in [0.25, 0.3) is 0 Å². The summed E-state index contributed by atoms with van der Waals surface area (Å²) in [6, 6.07) is 9.63. The highest BCUT2D eigenvalue weighted by atomic mass is 19.4. The number of carbonyl (C=O) groups is 1. The number of methoxy groups -OCH3 is 1. The lowest BCUT2D eigenvalue weighted by molar-refractivity contribution is -0.153. The Balaban J connectivity index is 1.90. The molecule has 0 unspecified atom stereocenters. The number of ether oxygens (including phenoxy) is 2. The monoisotopic (exact) mass is 357 g/mol. The number of hydrogen-bond donors (Lipinski definition) is 1. The Morgan fingerprint density at radius 1 is 1.12 bits per heavy atom. The second-order valence-electron chi connectivity index (χ2n) is 5.08. The number of amides is 1. The molecule has 0 atom stereocenters. The average Bonchev–Trinajstić information content (AvgIpc) is 2.58. The molecule has 0 aromatic heterocycles. The lowest BCUT2D eigenvalue weighted by Gasteiger charge is -2.10. The highest BCUT2D eigenvalue weighted by Gasteiger charge is 2.28. The van der Waals surface area contributed by atoms with E-state index in [0.29, 0.717) is 5.56 Å². The molecule has 1 N–H and O–H groups in total. The van der Waals surface area contributed by atoms with Gasteiger partial charge in [-0.3, -0.25) is 4.79 Å². The van der Waals surface area contributed by atoms with Gasteiger partial charge in [-0.15, -0.1) is 0 Å². The van der Waals surface area contributed by atoms with Gasteiger partial charge in [-0.25, -0.2) is 4.39 Å². The van der Waals surface area contributed by atoms with Crippen LogP contribution in [-0.4, -0.2) is 25.8 Å². The molecule has 0 radical (unpaired) electrons. The Morgan fingerprint density at radius 2 is 1.80 bits per heavy atom. The van der Waals surface area contributed by atoms with E-state index >= 15 is 0 Å². The lowest BCUT2D eigenvalue weighted by atomic mass is 10.1. The summed E-state index contributed by atoms with van der Waals surface area (Å²) >= 11 is 0. The molecule has 0 bridgehead atoms. The van der Waals surface area contributed by atoms with Gasteiger partial charge in [0.1, 0.15) is 5.75 Å². The van der Waals surface area contributed by atoms with Crippen LogP contribution in [0.15, 0.2) is 42.5 Å². The van der Waals surface area contributed by atoms with Crippen molar-refractivity contribution in [3.8, 4) is 11.5 Å². The minimum absolute atomic E-state index is 0.0333. The van der Waals surface area contributed by atoms with Crippen LogP contribution in [0.2, 0.25) is 0 Å². The minimum atomic E-state index is -4.40. The maximum absolute atomic E-state index is 13.6. The van der Waals surface area contributed by atoms with E-state index < -0.39 is 24.5 Å². The molecule has 2 aromatic carbocycles. The van der Waals surface area contributed by atoms with E-state index in [9.17, 15) is 22.4 Å². The minimum Gasteiger partial charge on any atom is -0.494 e. The first-order valence-electron chi connectivity index (χ1n) is 7.19. The number of benzene rings is 2. The normalized spacial score (nSPS) is 11.1. The molecule has 2 aromatic rings. The van der Waals surface area contributed by atoms with Crippen LogP contribution in [0.3, 0.4) is 0 Å². The van der Waals surface area contributed by atoms with Crippen LogP contribution >= 0.6 is 0 Å². The van der Waals surface area contributed by atoms with Gasteiger partial charge >= 0.3 is 6.18 Å². The third kappa shape index (κ3) is 5.66. The molecule has 4 nitrogen and oxygen atoms in total. The fraction of sp³-hybridized carbons (Fsp3) is 0.235. The van der Waals surface area contributed by atoms with Crippen molar-refractivity contribution in [1.29, 1.82) is 0 Å². The highest BCUT2D eigenvalue weighted by molar-refractivity contribution is 5.94. The van der Waals surface area contributed by atoms with E-state index in [1.54, 1.807) is 0 Å². The molecular weight excluding hydrogens is 342 g/mol. The molecule has 8 heteroatoms. The molecule has 0 aliphatic heterocycles. The number of nitrogens with one attached hydrogen (secondary N) is 1. The third-order valence-corrected chi connectivity index (χ3v) is 3.19. The van der Waals surface area contributed by atoms with Crippen molar-refractivity contribution in [1.82, 2.24) is 5.32 Å². The average molecular weight is 357 g/mol. The zero-order chi connectivity index (χ0) is 18.4. The number of rotatable bonds is 6. The van der Waals surface area contributed by atoms with E-state index in [1.807, 2.05) is 0 Å². The van der Waals surface area contributed by atoms with Gasteiger partial charge in [0.05, 0.1) is 7.11 Å². The molecule has 25 heavy (non-hydrogen) atoms. The summed E-state index contributed by atoms with van der Waals surface area (Å²) in [5, 5.41) is 2.59. The highest BCUT2D eigenvalue weighted by Crippen LogP contribution is 2.19. The van der Waals surface area contributed by atoms with Gasteiger partial charge < -0.3 is 14.8 Å². The third-order valence-electron chi connectivity index (χ3n) is 3.19. The predicted molar refractivity (Wildman–Crippen MR) is 82.1 cm³/mol. The molecule has 2 rings (SSSR count). The van der Waals surface area contributed by atoms with Crippen molar-refractivity contribution in [3.63, 3.8) is 0 Å². The van der Waals surface area contributed by atoms with Gasteiger partial charge in [0.2, 0.25) is 0 Å². The quantitative estimate of drug-likeness (QED) is 0.802. The molecule has 0 saturated heterocycles. The Labute approximate surface area is 141 Å². The van der Waals surface area contributed by atoms with Gasteiger partial charge in [0, 0.05) is 12.1 Å². The first kappa shape index (κ1) is 18.6. The predicted octanol–water partition coefficient (Wildman–Crippen LogP) is 3.71. The molecule has 0 heterocycles. The zero-order valence-corrected chi connectivity index (χ0v) is 13.2. The fourth-order valence-corrected chi connectivity index (χ4v) is 1.96. The number of halogens is 4. The summed E-state index contributed by atoms with van der Waals surface area (Å²) in [5.74, 6) is -1.03. The van der Waals surface area contributed by atoms with Crippen LogP contribution in [0, 0.1) is 5.82 Å². The van der Waals surface area contributed by atoms with Crippen LogP contribution in [0.5, 0.6) is 11.5 Å². The summed E-state index contributed by atoms with van der Waals surface area (Å²) in [5.41, 5.74) is 0.783. The maximum atomic E-state index is 13.6. The van der Waals surface area contributed by atoms with E-state index in [1.165, 1.54) is 43.5 Å². The summed E-state index contributed by atoms with van der Waals surface area (Å²) in [4.78, 5) is 12.0. The van der Waals surface area contributed by atoms with E-state index in [-0.39, 0.29) is 23.6 Å². The fourth-order valence-electron chi connectivity index (χ4n) is 1.96. The molecule has 0 saturated carbocycles. The van der Waals surface area contributed by atoms with E-state index in [4.69, 9.17) is 4.74 Å². The molecular formula is C17H15F4NO3. The van der Waals surface area contributed by atoms with Crippen LogP contribution in [0.4, 0.5) is 17.6 Å². The maximum Gasteiger partial charge on any atom is 0.422 e. The molecule has 1 amide bonds. The Bertz CT molecular complexity index is 730. The second kappa shape index (κ2) is 7.87. The van der Waals surface area contributed by atoms with E-state index in [2.05, 4.69) is 10.1 Å². The summed E-state index contributed by atoms with van der Waals surface area (Å²) in [7, 11) is 1.32. The Kier molecular flexibility index (Phi) is 5.84. The van der Waals surface area contributed by atoms with Crippen molar-refractivity contribution >= 4 is 5.91 Å². The smallest absolute Gasteiger partial charge is 0.422 e. The van der Waals surface area contributed by atoms with Gasteiger partial charge in [-0.2, -0.15) is 13.2 Å². The van der Waals surface area contributed by atoms with Crippen molar-refractivity contribution in [2.45, 2.75) is 12.7 Å². The molecule has 134 valence electrons. The van der Waals surface area contributed by atoms with Crippen molar-refractivity contribution in [2.75, 3.05) is 13.7 Å². The van der Waals surface area contributed by atoms with Gasteiger partial charge in [0.15, 0.2) is 18.2 Å². The molecule has 0 aliphatic rings. The van der Waals surface area contributed by atoms with Gasteiger partial charge in [0.25, 0.3) is 5.91 Å². The molecule has 0 spiro atoms. The van der Waals surface area contributed by atoms with Crippen molar-refractivity contribution in [2.24, 2.45) is 0 Å². The van der Waals surface area contributed by atoms with Crippen LogP contribution < -0.4 is 14.8 Å². The summed E-state index contributed by atoms with van der Waals surface area (Å²) in [6.45, 7) is -1.24. The Hall–Kier alpha value is -2.77. The standard InChI is InChI=1S/C17H15F4NO3/c1-24-15-7-4-12(8-14(15)18)16(23)22-9-11-2-5-13(6-3-11)25-10-17(19,20)21/h2-8H,9-10H2,1H3,(H,22,23). The summed E-state index contributed by atoms with van der Waals surface area (Å²) < 4.78 is 59.1. The van der Waals surface area contributed by atoms with E-state index in [0.717, 1.165) is 6.07 Å². The molecule has 0 fully saturated rings. The van der Waals surface area contributed by atoms with Gasteiger partial charge in [-0.1, -0.05) is 12.1 Å². The number of hydrogen-bond acceptors (Lipinski definition) is 3. The lowest BCUT2D eigenvalue weighted by Crippen LogP contribution is -2.23. The topological polar surface area (TPSA) is 47.6 Å². The zero-order valence-electron chi connectivity index (χ0n) is 13.2.